The topological polar surface area (TPSA) is 104 Å². The summed E-state index contributed by atoms with van der Waals surface area (Å²) >= 11 is 3.56. The number of anilines is 2. The Morgan fingerprint density at radius 3 is 2.40 bits per heavy atom. The second-order valence-corrected chi connectivity index (χ2v) is 8.92. The highest BCUT2D eigenvalue weighted by molar-refractivity contribution is 9.10. The fourth-order valence-electron chi connectivity index (χ4n) is 4.72. The van der Waals surface area contributed by atoms with E-state index in [0.29, 0.717) is 42.0 Å². The summed E-state index contributed by atoms with van der Waals surface area (Å²) < 4.78 is 16.0. The van der Waals surface area contributed by atoms with Gasteiger partial charge in [0.25, 0.3) is 0 Å². The smallest absolute Gasteiger partial charge is 0.220 e. The van der Waals surface area contributed by atoms with Crippen molar-refractivity contribution in [1.82, 2.24) is 4.90 Å². The third kappa shape index (κ3) is 3.73. The molecule has 1 aliphatic carbocycles. The van der Waals surface area contributed by atoms with Crippen LogP contribution in [0.2, 0.25) is 0 Å². The van der Waals surface area contributed by atoms with E-state index in [1.54, 1.807) is 11.8 Å². The van der Waals surface area contributed by atoms with Crippen molar-refractivity contribution in [2.75, 3.05) is 36.0 Å². The SMILES string of the molecule is CC(=O)N1CCN(c2c(F)cc(N3C(N)=NC(N)=NC34CCCCC4)cc2Br)CC1. The molecule has 162 valence electrons. The summed E-state index contributed by atoms with van der Waals surface area (Å²) in [5.74, 6) is 0.0996. The molecule has 8 nitrogen and oxygen atoms in total. The maximum atomic E-state index is 15.3. The molecule has 1 aromatic rings. The molecule has 1 amide bonds. The van der Waals surface area contributed by atoms with E-state index >= 15 is 4.39 Å². The van der Waals surface area contributed by atoms with E-state index in [2.05, 4.69) is 25.9 Å². The van der Waals surface area contributed by atoms with Crippen LogP contribution in [0.3, 0.4) is 0 Å². The van der Waals surface area contributed by atoms with Gasteiger partial charge in [-0.3, -0.25) is 9.69 Å². The fraction of sp³-hybridized carbons (Fsp3) is 0.550. The van der Waals surface area contributed by atoms with Gasteiger partial charge in [-0.05, 0) is 53.7 Å². The van der Waals surface area contributed by atoms with E-state index in [9.17, 15) is 4.79 Å². The summed E-state index contributed by atoms with van der Waals surface area (Å²) in [6.07, 6.45) is 4.71. The molecule has 0 atom stereocenters. The highest BCUT2D eigenvalue weighted by atomic mass is 79.9. The van der Waals surface area contributed by atoms with Crippen molar-refractivity contribution in [2.24, 2.45) is 21.5 Å². The normalized spacial score (nSPS) is 21.5. The van der Waals surface area contributed by atoms with E-state index in [4.69, 9.17) is 11.5 Å². The number of halogens is 2. The highest BCUT2D eigenvalue weighted by Crippen LogP contribution is 2.42. The summed E-state index contributed by atoms with van der Waals surface area (Å²) in [4.78, 5) is 25.9. The first-order chi connectivity index (χ1) is 14.3. The molecule has 1 spiro atoms. The van der Waals surface area contributed by atoms with Gasteiger partial charge in [-0.2, -0.15) is 4.99 Å². The fourth-order valence-corrected chi connectivity index (χ4v) is 5.40. The Hall–Kier alpha value is -2.36. The van der Waals surface area contributed by atoms with Gasteiger partial charge in [-0.15, -0.1) is 0 Å². The van der Waals surface area contributed by atoms with Gasteiger partial charge in [0.2, 0.25) is 17.8 Å². The molecule has 3 aliphatic rings. The van der Waals surface area contributed by atoms with Gasteiger partial charge in [0.15, 0.2) is 0 Å². The van der Waals surface area contributed by atoms with Gasteiger partial charge < -0.3 is 21.3 Å². The van der Waals surface area contributed by atoms with Gasteiger partial charge in [-0.25, -0.2) is 9.38 Å². The molecule has 0 bridgehead atoms. The Morgan fingerprint density at radius 1 is 1.13 bits per heavy atom. The zero-order valence-electron chi connectivity index (χ0n) is 17.1. The van der Waals surface area contributed by atoms with Crippen LogP contribution >= 0.6 is 15.9 Å². The number of hydrogen-bond acceptors (Lipinski definition) is 7. The number of carbonyl (C=O) groups excluding carboxylic acids is 1. The predicted octanol–water partition coefficient (Wildman–Crippen LogP) is 2.37. The second kappa shape index (κ2) is 8.05. The minimum Gasteiger partial charge on any atom is -0.369 e. The molecule has 1 saturated heterocycles. The molecule has 2 heterocycles. The highest BCUT2D eigenvalue weighted by Gasteiger charge is 2.43. The quantitative estimate of drug-likeness (QED) is 0.677. The number of carbonyl (C=O) groups is 1. The Bertz CT molecular complexity index is 881. The number of piperazine rings is 1. The van der Waals surface area contributed by atoms with Gasteiger partial charge in [0.05, 0.1) is 11.4 Å². The number of aliphatic imine (C=N–C) groups is 2. The molecule has 4 N–H and O–H groups in total. The largest absolute Gasteiger partial charge is 0.369 e. The van der Waals surface area contributed by atoms with Crippen LogP contribution in [0.5, 0.6) is 0 Å². The number of nitrogens with two attached hydrogens (primary N) is 2. The van der Waals surface area contributed by atoms with Gasteiger partial charge in [0.1, 0.15) is 11.5 Å². The van der Waals surface area contributed by atoms with Crippen LogP contribution in [0, 0.1) is 5.82 Å². The minimum absolute atomic E-state index is 0.0435. The van der Waals surface area contributed by atoms with Crippen molar-refractivity contribution in [2.45, 2.75) is 44.7 Å². The number of nitrogens with zero attached hydrogens (tertiary/aromatic N) is 5. The van der Waals surface area contributed by atoms with Crippen molar-refractivity contribution in [3.8, 4) is 0 Å². The molecule has 0 aromatic heterocycles. The molecule has 30 heavy (non-hydrogen) atoms. The van der Waals surface area contributed by atoms with E-state index < -0.39 is 5.66 Å². The van der Waals surface area contributed by atoms with Crippen LogP contribution in [0.4, 0.5) is 15.8 Å². The second-order valence-electron chi connectivity index (χ2n) is 8.07. The lowest BCUT2D eigenvalue weighted by molar-refractivity contribution is -0.129. The molecule has 0 unspecified atom stereocenters. The van der Waals surface area contributed by atoms with E-state index in [-0.39, 0.29) is 23.6 Å². The number of rotatable bonds is 2. The first kappa shape index (κ1) is 20.9. The van der Waals surface area contributed by atoms with Crippen molar-refractivity contribution in [3.63, 3.8) is 0 Å². The van der Waals surface area contributed by atoms with Crippen LogP contribution in [0.1, 0.15) is 39.0 Å². The van der Waals surface area contributed by atoms with Crippen molar-refractivity contribution in [1.29, 1.82) is 0 Å². The Morgan fingerprint density at radius 2 is 1.80 bits per heavy atom. The van der Waals surface area contributed by atoms with E-state index in [1.165, 1.54) is 6.07 Å². The van der Waals surface area contributed by atoms with E-state index in [1.807, 2.05) is 15.9 Å². The number of amides is 1. The summed E-state index contributed by atoms with van der Waals surface area (Å²) in [6.45, 7) is 3.86. The monoisotopic (exact) mass is 479 g/mol. The molecule has 2 fully saturated rings. The van der Waals surface area contributed by atoms with Crippen LogP contribution in [-0.2, 0) is 4.79 Å². The Labute approximate surface area is 183 Å². The van der Waals surface area contributed by atoms with Crippen molar-refractivity contribution in [3.05, 3.63) is 22.4 Å². The molecule has 1 saturated carbocycles. The number of hydrogen-bond donors (Lipinski definition) is 2. The standard InChI is InChI=1S/C20H27BrFN7O/c1-13(30)27-7-9-28(10-8-27)17-15(21)11-14(12-16(17)22)29-19(24)25-18(23)26-20(29)5-3-2-4-6-20/h11-12H,2-10H2,1H3,(H4,23,24,25,26). The van der Waals surface area contributed by atoms with Gasteiger partial charge in [0, 0.05) is 37.6 Å². The third-order valence-corrected chi connectivity index (χ3v) is 6.76. The molecule has 0 radical (unpaired) electrons. The first-order valence-electron chi connectivity index (χ1n) is 10.3. The minimum atomic E-state index is -0.616. The Balaban J connectivity index is 1.66. The van der Waals surface area contributed by atoms with Crippen LogP contribution in [-0.4, -0.2) is 54.6 Å². The molecule has 4 rings (SSSR count). The average molecular weight is 480 g/mol. The van der Waals surface area contributed by atoms with Crippen LogP contribution in [0.25, 0.3) is 0 Å². The summed E-state index contributed by atoms with van der Waals surface area (Å²) in [7, 11) is 0. The van der Waals surface area contributed by atoms with Crippen molar-refractivity contribution >= 4 is 45.1 Å². The molecular weight excluding hydrogens is 453 g/mol. The number of guanidine groups is 2. The predicted molar refractivity (Wildman–Crippen MR) is 120 cm³/mol. The van der Waals surface area contributed by atoms with Gasteiger partial charge >= 0.3 is 0 Å². The van der Waals surface area contributed by atoms with Crippen LogP contribution < -0.4 is 21.3 Å². The molecule has 2 aliphatic heterocycles. The Kier molecular flexibility index (Phi) is 5.61. The summed E-state index contributed by atoms with van der Waals surface area (Å²) in [5.41, 5.74) is 12.7. The lowest BCUT2D eigenvalue weighted by atomic mass is 9.87. The van der Waals surface area contributed by atoms with E-state index in [0.717, 1.165) is 32.1 Å². The average Bonchev–Trinajstić information content (AvgIpc) is 2.68. The lowest BCUT2D eigenvalue weighted by Gasteiger charge is -2.45. The zero-order valence-corrected chi connectivity index (χ0v) is 18.7. The molecule has 10 heteroatoms. The third-order valence-electron chi connectivity index (χ3n) is 6.15. The summed E-state index contributed by atoms with van der Waals surface area (Å²) in [6, 6.07) is 3.36. The lowest BCUT2D eigenvalue weighted by Crippen LogP contribution is -2.58. The van der Waals surface area contributed by atoms with Gasteiger partial charge in [-0.1, -0.05) is 6.42 Å². The molecular formula is C20H27BrFN7O. The zero-order chi connectivity index (χ0) is 21.5. The first-order valence-corrected chi connectivity index (χ1v) is 11.1. The van der Waals surface area contributed by atoms with Crippen molar-refractivity contribution < 1.29 is 9.18 Å². The number of benzene rings is 1. The maximum Gasteiger partial charge on any atom is 0.220 e. The maximum absolute atomic E-state index is 15.3. The summed E-state index contributed by atoms with van der Waals surface area (Å²) in [5, 5.41) is 0. The molecule has 1 aromatic carbocycles. The van der Waals surface area contributed by atoms with Crippen LogP contribution in [0.15, 0.2) is 26.6 Å².